The Labute approximate surface area is 173 Å². The van der Waals surface area contributed by atoms with Crippen LogP contribution in [0.2, 0.25) is 0 Å². The molecule has 160 valence electrons. The summed E-state index contributed by atoms with van der Waals surface area (Å²) in [6.45, 7) is 0.959. The summed E-state index contributed by atoms with van der Waals surface area (Å²) in [4.78, 5) is 0. The van der Waals surface area contributed by atoms with Crippen molar-refractivity contribution in [2.45, 2.75) is 12.0 Å². The van der Waals surface area contributed by atoms with E-state index in [1.54, 1.807) is 12.1 Å². The highest BCUT2D eigenvalue weighted by molar-refractivity contribution is 5.69. The summed E-state index contributed by atoms with van der Waals surface area (Å²) in [5, 5.41) is 21.6. The Morgan fingerprint density at radius 2 is 1.43 bits per heavy atom. The topological polar surface area (TPSA) is 95.8 Å². The molecule has 1 saturated heterocycles. The molecule has 0 amide bonds. The van der Waals surface area contributed by atoms with Gasteiger partial charge in [0, 0.05) is 34.9 Å². The van der Waals surface area contributed by atoms with E-state index in [4.69, 9.17) is 28.4 Å². The number of rotatable bonds is 4. The number of ether oxygens (including phenoxy) is 6. The van der Waals surface area contributed by atoms with Gasteiger partial charge in [0.25, 0.3) is 0 Å². The Morgan fingerprint density at radius 1 is 0.800 bits per heavy atom. The van der Waals surface area contributed by atoms with Crippen molar-refractivity contribution in [1.82, 2.24) is 0 Å². The maximum absolute atomic E-state index is 10.8. The van der Waals surface area contributed by atoms with Crippen LogP contribution in [0.1, 0.15) is 28.7 Å². The molecule has 4 bridgehead atoms. The lowest BCUT2D eigenvalue weighted by atomic mass is 9.67. The van der Waals surface area contributed by atoms with E-state index in [1.807, 2.05) is 0 Å². The predicted octanol–water partition coefficient (Wildman–Crippen LogP) is 2.97. The first-order valence-corrected chi connectivity index (χ1v) is 9.75. The number of fused-ring (bicyclic) bond motifs is 5. The van der Waals surface area contributed by atoms with Crippen LogP contribution in [0.15, 0.2) is 12.1 Å². The highest BCUT2D eigenvalue weighted by Crippen LogP contribution is 2.64. The molecule has 2 aromatic carbocycles. The maximum Gasteiger partial charge on any atom is 0.201 e. The molecule has 0 saturated carbocycles. The van der Waals surface area contributed by atoms with Crippen LogP contribution in [0.5, 0.6) is 40.2 Å². The van der Waals surface area contributed by atoms with Gasteiger partial charge in [-0.25, -0.2) is 0 Å². The molecular weight excluding hydrogens is 392 g/mol. The van der Waals surface area contributed by atoms with Crippen LogP contribution < -0.4 is 23.7 Å². The summed E-state index contributed by atoms with van der Waals surface area (Å²) in [5.41, 5.74) is 2.38. The minimum absolute atomic E-state index is 0.0622. The highest BCUT2D eigenvalue weighted by Gasteiger charge is 2.54. The van der Waals surface area contributed by atoms with Gasteiger partial charge >= 0.3 is 0 Å². The Morgan fingerprint density at radius 3 is 2.07 bits per heavy atom. The lowest BCUT2D eigenvalue weighted by Crippen LogP contribution is -2.30. The Hall–Kier alpha value is -3.00. The average Bonchev–Trinajstić information content (AvgIpc) is 3.03. The second-order valence-corrected chi connectivity index (χ2v) is 7.71. The first-order valence-electron chi connectivity index (χ1n) is 9.75. The van der Waals surface area contributed by atoms with Crippen molar-refractivity contribution in [3.05, 3.63) is 28.8 Å². The largest absolute Gasteiger partial charge is 0.502 e. The first kappa shape index (κ1) is 19.0. The monoisotopic (exact) mass is 416 g/mol. The van der Waals surface area contributed by atoms with E-state index in [0.29, 0.717) is 36.0 Å². The van der Waals surface area contributed by atoms with Crippen LogP contribution in [0.3, 0.4) is 0 Å². The Bertz CT molecular complexity index is 1020. The smallest absolute Gasteiger partial charge is 0.201 e. The van der Waals surface area contributed by atoms with Gasteiger partial charge in [-0.05, 0) is 11.6 Å². The molecule has 8 heteroatoms. The molecule has 0 aromatic heterocycles. The van der Waals surface area contributed by atoms with Gasteiger partial charge in [0.05, 0.1) is 47.8 Å². The predicted molar refractivity (Wildman–Crippen MR) is 105 cm³/mol. The van der Waals surface area contributed by atoms with Crippen LogP contribution in [0, 0.1) is 11.8 Å². The SMILES string of the molecule is COc1cc2c(c(OC)c1O)C1c3c(cc(OC)c(O)c3OC)C3OCC1C3CO2. The maximum atomic E-state index is 10.8. The second-order valence-electron chi connectivity index (χ2n) is 7.71. The minimum Gasteiger partial charge on any atom is -0.502 e. The zero-order valence-electron chi connectivity index (χ0n) is 17.2. The number of aromatic hydroxyl groups is 2. The highest BCUT2D eigenvalue weighted by atomic mass is 16.5. The van der Waals surface area contributed by atoms with E-state index in [1.165, 1.54) is 28.4 Å². The third-order valence-corrected chi connectivity index (χ3v) is 6.55. The van der Waals surface area contributed by atoms with Crippen molar-refractivity contribution in [1.29, 1.82) is 0 Å². The molecular formula is C22H24O8. The molecule has 5 rings (SSSR count). The van der Waals surface area contributed by atoms with E-state index < -0.39 is 0 Å². The Balaban J connectivity index is 1.86. The first-order chi connectivity index (χ1) is 14.5. The van der Waals surface area contributed by atoms with Crippen molar-refractivity contribution in [3.8, 4) is 40.2 Å². The molecule has 0 spiro atoms. The lowest BCUT2D eigenvalue weighted by molar-refractivity contribution is 0.0751. The van der Waals surface area contributed by atoms with Crippen LogP contribution in [-0.4, -0.2) is 51.9 Å². The van der Waals surface area contributed by atoms with E-state index in [2.05, 4.69) is 0 Å². The lowest BCUT2D eigenvalue weighted by Gasteiger charge is -2.36. The molecule has 1 aliphatic carbocycles. The molecule has 4 atom stereocenters. The molecule has 30 heavy (non-hydrogen) atoms. The molecule has 1 fully saturated rings. The van der Waals surface area contributed by atoms with E-state index in [0.717, 1.165) is 11.1 Å². The number of phenolic OH excluding ortho intramolecular Hbond substituents is 2. The van der Waals surface area contributed by atoms with Gasteiger partial charge in [-0.1, -0.05) is 0 Å². The van der Waals surface area contributed by atoms with Gasteiger partial charge in [0.15, 0.2) is 23.0 Å². The summed E-state index contributed by atoms with van der Waals surface area (Å²) in [6.07, 6.45) is -0.208. The van der Waals surface area contributed by atoms with Crippen LogP contribution in [0.4, 0.5) is 0 Å². The molecule has 0 radical (unpaired) electrons. The van der Waals surface area contributed by atoms with Crippen molar-refractivity contribution in [2.75, 3.05) is 41.7 Å². The molecule has 3 aliphatic rings. The fourth-order valence-electron chi connectivity index (χ4n) is 5.29. The summed E-state index contributed by atoms with van der Waals surface area (Å²) in [5.74, 6) is 1.49. The standard InChI is InChI=1S/C22H24O8/c1-25-13-5-9-16(21(27-3)18(13)23)15-10-7-30-20(9)11(10)8-29-12-6-14(26-2)19(24)22(28-4)17(12)15/h5-6,10-11,15,20,23-24H,7-8H2,1-4H3. The molecule has 2 aliphatic heterocycles. The number of methoxy groups -OCH3 is 4. The van der Waals surface area contributed by atoms with E-state index >= 15 is 0 Å². The second kappa shape index (κ2) is 6.77. The summed E-state index contributed by atoms with van der Waals surface area (Å²) >= 11 is 0. The third-order valence-electron chi connectivity index (χ3n) is 6.55. The quantitative estimate of drug-likeness (QED) is 0.786. The van der Waals surface area contributed by atoms with Crippen LogP contribution in [0.25, 0.3) is 0 Å². The van der Waals surface area contributed by atoms with Crippen molar-refractivity contribution >= 4 is 0 Å². The molecule has 8 nitrogen and oxygen atoms in total. The fraction of sp³-hybridized carbons (Fsp3) is 0.455. The van der Waals surface area contributed by atoms with Crippen molar-refractivity contribution < 1.29 is 38.6 Å². The number of hydrogen-bond acceptors (Lipinski definition) is 8. The van der Waals surface area contributed by atoms with Gasteiger partial charge in [0.2, 0.25) is 11.5 Å². The van der Waals surface area contributed by atoms with Gasteiger partial charge in [-0.15, -0.1) is 0 Å². The fourth-order valence-corrected chi connectivity index (χ4v) is 5.29. The molecule has 2 N–H and O–H groups in total. The third kappa shape index (κ3) is 2.31. The Kier molecular flexibility index (Phi) is 4.28. The van der Waals surface area contributed by atoms with Crippen molar-refractivity contribution in [3.63, 3.8) is 0 Å². The van der Waals surface area contributed by atoms with Gasteiger partial charge in [-0.2, -0.15) is 0 Å². The zero-order chi connectivity index (χ0) is 21.2. The van der Waals surface area contributed by atoms with Crippen LogP contribution in [-0.2, 0) is 4.74 Å². The minimum atomic E-state index is -0.278. The normalized spacial score (nSPS) is 25.5. The summed E-state index contributed by atoms with van der Waals surface area (Å²) in [7, 11) is 5.99. The number of hydrogen-bond donors (Lipinski definition) is 2. The molecule has 2 heterocycles. The molecule has 4 unspecified atom stereocenters. The number of benzene rings is 2. The summed E-state index contributed by atoms with van der Waals surface area (Å²) < 4.78 is 34.3. The summed E-state index contributed by atoms with van der Waals surface area (Å²) in [6, 6.07) is 3.48. The van der Waals surface area contributed by atoms with E-state index in [9.17, 15) is 10.2 Å². The van der Waals surface area contributed by atoms with Gasteiger partial charge in [0.1, 0.15) is 5.75 Å². The van der Waals surface area contributed by atoms with Gasteiger partial charge in [-0.3, -0.25) is 0 Å². The number of phenols is 2. The molecule has 2 aromatic rings. The average molecular weight is 416 g/mol. The van der Waals surface area contributed by atoms with Crippen molar-refractivity contribution in [2.24, 2.45) is 11.8 Å². The van der Waals surface area contributed by atoms with Gasteiger partial charge < -0.3 is 38.6 Å². The van der Waals surface area contributed by atoms with Crippen LogP contribution >= 0.6 is 0 Å². The zero-order valence-corrected chi connectivity index (χ0v) is 17.2. The van der Waals surface area contributed by atoms with E-state index in [-0.39, 0.29) is 46.9 Å².